The van der Waals surface area contributed by atoms with E-state index in [0.717, 1.165) is 0 Å². The Morgan fingerprint density at radius 1 is 0.943 bits per heavy atom. The van der Waals surface area contributed by atoms with Gasteiger partial charge in [0.1, 0.15) is 18.1 Å². The summed E-state index contributed by atoms with van der Waals surface area (Å²) in [4.78, 5) is 38.0. The molecule has 0 spiro atoms. The molecule has 2 amide bonds. The van der Waals surface area contributed by atoms with Crippen LogP contribution in [0.25, 0.3) is 22.3 Å². The first-order chi connectivity index (χ1) is 16.4. The van der Waals surface area contributed by atoms with Crippen molar-refractivity contribution in [1.82, 2.24) is 0 Å². The van der Waals surface area contributed by atoms with Crippen LogP contribution < -0.4 is 16.1 Å². The Balaban J connectivity index is 1.82. The van der Waals surface area contributed by atoms with Gasteiger partial charge >= 0.3 is 0 Å². The molecule has 0 atom stereocenters. The summed E-state index contributed by atoms with van der Waals surface area (Å²) in [6.45, 7) is 9.31. The van der Waals surface area contributed by atoms with Gasteiger partial charge in [-0.2, -0.15) is 0 Å². The molecule has 0 unspecified atom stereocenters. The zero-order chi connectivity index (χ0) is 25.8. The van der Waals surface area contributed by atoms with Gasteiger partial charge in [-0.25, -0.2) is 0 Å². The summed E-state index contributed by atoms with van der Waals surface area (Å²) in [7, 11) is 1.52. The van der Waals surface area contributed by atoms with Crippen molar-refractivity contribution in [2.45, 2.75) is 34.6 Å². The molecule has 1 heterocycles. The van der Waals surface area contributed by atoms with Crippen molar-refractivity contribution >= 4 is 34.2 Å². The molecule has 0 aliphatic carbocycles. The van der Waals surface area contributed by atoms with Crippen molar-refractivity contribution in [2.75, 3.05) is 31.1 Å². The van der Waals surface area contributed by atoms with E-state index in [1.54, 1.807) is 77.1 Å². The minimum Gasteiger partial charge on any atom is -0.456 e. The van der Waals surface area contributed by atoms with Gasteiger partial charge in [0.05, 0.1) is 23.1 Å². The fourth-order valence-corrected chi connectivity index (χ4v) is 3.23. The molecule has 0 fully saturated rings. The van der Waals surface area contributed by atoms with Crippen molar-refractivity contribution < 1.29 is 23.5 Å². The predicted molar refractivity (Wildman–Crippen MR) is 136 cm³/mol. The molecule has 8 heteroatoms. The van der Waals surface area contributed by atoms with E-state index in [2.05, 4.69) is 10.6 Å². The molecular formula is C27H32N2O6. The standard InChI is InChI=1S/C27H32N2O6/c1-26(2,3)24(31)29-19-8-7-9-21-23(19)20(30)14-22(35-21)17-10-12-18(13-11-17)28-25(32)27(4,5)15-34-16-33-6/h7-14H,15-16H2,1-6H3,(H,28,32)(H,29,31). The van der Waals surface area contributed by atoms with Crippen LogP contribution in [0.5, 0.6) is 0 Å². The van der Waals surface area contributed by atoms with E-state index < -0.39 is 10.8 Å². The molecule has 0 saturated carbocycles. The topological polar surface area (TPSA) is 107 Å². The minimum atomic E-state index is -0.748. The molecule has 3 rings (SSSR count). The first-order valence-corrected chi connectivity index (χ1v) is 11.3. The highest BCUT2D eigenvalue weighted by molar-refractivity contribution is 6.02. The molecule has 0 saturated heterocycles. The number of carbonyl (C=O) groups is 2. The maximum Gasteiger partial charge on any atom is 0.232 e. The SMILES string of the molecule is COCOCC(C)(C)C(=O)Nc1ccc(-c2cc(=O)c3c(NC(=O)C(C)(C)C)cccc3o2)cc1. The number of rotatable bonds is 8. The largest absolute Gasteiger partial charge is 0.456 e. The number of hydrogen-bond donors (Lipinski definition) is 2. The van der Waals surface area contributed by atoms with Crippen LogP contribution in [0.2, 0.25) is 0 Å². The van der Waals surface area contributed by atoms with E-state index >= 15 is 0 Å². The fourth-order valence-electron chi connectivity index (χ4n) is 3.23. The smallest absolute Gasteiger partial charge is 0.232 e. The number of amides is 2. The third-order valence-corrected chi connectivity index (χ3v) is 5.39. The lowest BCUT2D eigenvalue weighted by Crippen LogP contribution is -2.35. The monoisotopic (exact) mass is 480 g/mol. The van der Waals surface area contributed by atoms with E-state index in [-0.39, 0.29) is 30.6 Å². The van der Waals surface area contributed by atoms with Crippen molar-refractivity contribution in [3.63, 3.8) is 0 Å². The molecule has 0 aliphatic heterocycles. The summed E-state index contributed by atoms with van der Waals surface area (Å²) in [5, 5.41) is 6.01. The van der Waals surface area contributed by atoms with E-state index in [0.29, 0.717) is 33.7 Å². The predicted octanol–water partition coefficient (Wildman–Crippen LogP) is 5.03. The second kappa shape index (κ2) is 10.4. The lowest BCUT2D eigenvalue weighted by atomic mass is 9.93. The second-order valence-corrected chi connectivity index (χ2v) is 10.0. The van der Waals surface area contributed by atoms with Crippen LogP contribution in [0.1, 0.15) is 34.6 Å². The van der Waals surface area contributed by atoms with Gasteiger partial charge in [0.2, 0.25) is 11.8 Å². The van der Waals surface area contributed by atoms with Gasteiger partial charge in [0, 0.05) is 29.8 Å². The van der Waals surface area contributed by atoms with Crippen LogP contribution in [-0.4, -0.2) is 32.3 Å². The first-order valence-electron chi connectivity index (χ1n) is 11.3. The summed E-state index contributed by atoms with van der Waals surface area (Å²) >= 11 is 0. The number of carbonyl (C=O) groups excluding carboxylic acids is 2. The molecule has 186 valence electrons. The van der Waals surface area contributed by atoms with Gasteiger partial charge < -0.3 is 24.5 Å². The summed E-state index contributed by atoms with van der Waals surface area (Å²) in [5.41, 5.74) is 0.449. The molecule has 8 nitrogen and oxygen atoms in total. The quantitative estimate of drug-likeness (QED) is 0.346. The fraction of sp³-hybridized carbons (Fsp3) is 0.370. The zero-order valence-electron chi connectivity index (χ0n) is 21.0. The van der Waals surface area contributed by atoms with Crippen LogP contribution in [0.4, 0.5) is 11.4 Å². The third kappa shape index (κ3) is 6.35. The Morgan fingerprint density at radius 2 is 1.63 bits per heavy atom. The van der Waals surface area contributed by atoms with Crippen LogP contribution in [0.3, 0.4) is 0 Å². The molecule has 0 aliphatic rings. The number of fused-ring (bicyclic) bond motifs is 1. The normalized spacial score (nSPS) is 11.9. The van der Waals surface area contributed by atoms with Crippen LogP contribution >= 0.6 is 0 Å². The van der Waals surface area contributed by atoms with Crippen LogP contribution in [0.15, 0.2) is 57.7 Å². The highest BCUT2D eigenvalue weighted by Crippen LogP contribution is 2.28. The van der Waals surface area contributed by atoms with Gasteiger partial charge in [0.25, 0.3) is 0 Å². The molecule has 1 aromatic heterocycles. The van der Waals surface area contributed by atoms with Gasteiger partial charge in [-0.05, 0) is 50.2 Å². The van der Waals surface area contributed by atoms with Crippen molar-refractivity contribution in [3.05, 3.63) is 58.8 Å². The van der Waals surface area contributed by atoms with Crippen molar-refractivity contribution in [1.29, 1.82) is 0 Å². The second-order valence-electron chi connectivity index (χ2n) is 10.0. The first kappa shape index (κ1) is 26.1. The third-order valence-electron chi connectivity index (χ3n) is 5.39. The van der Waals surface area contributed by atoms with Crippen molar-refractivity contribution in [3.8, 4) is 11.3 Å². The lowest BCUT2D eigenvalue weighted by molar-refractivity contribution is -0.130. The van der Waals surface area contributed by atoms with Crippen LogP contribution in [-0.2, 0) is 19.1 Å². The van der Waals surface area contributed by atoms with E-state index in [1.165, 1.54) is 13.2 Å². The van der Waals surface area contributed by atoms with E-state index in [4.69, 9.17) is 13.9 Å². The van der Waals surface area contributed by atoms with Gasteiger partial charge in [-0.15, -0.1) is 0 Å². The Labute approximate surface area is 204 Å². The van der Waals surface area contributed by atoms with Gasteiger partial charge in [-0.1, -0.05) is 26.8 Å². The van der Waals surface area contributed by atoms with Crippen molar-refractivity contribution in [2.24, 2.45) is 10.8 Å². The highest BCUT2D eigenvalue weighted by Gasteiger charge is 2.28. The number of ether oxygens (including phenoxy) is 2. The maximum absolute atomic E-state index is 13.0. The lowest BCUT2D eigenvalue weighted by Gasteiger charge is -2.23. The Morgan fingerprint density at radius 3 is 2.26 bits per heavy atom. The molecular weight excluding hydrogens is 448 g/mol. The molecule has 0 radical (unpaired) electrons. The number of methoxy groups -OCH3 is 1. The van der Waals surface area contributed by atoms with E-state index in [1.807, 2.05) is 0 Å². The molecule has 2 aromatic carbocycles. The van der Waals surface area contributed by atoms with Crippen LogP contribution in [0, 0.1) is 10.8 Å². The summed E-state index contributed by atoms with van der Waals surface area (Å²) in [5.74, 6) is -0.00376. The number of benzene rings is 2. The average Bonchev–Trinajstić information content (AvgIpc) is 2.79. The Hall–Kier alpha value is -3.49. The summed E-state index contributed by atoms with van der Waals surface area (Å²) < 4.78 is 16.2. The average molecular weight is 481 g/mol. The van der Waals surface area contributed by atoms with E-state index in [9.17, 15) is 14.4 Å². The summed E-state index contributed by atoms with van der Waals surface area (Å²) in [6.07, 6.45) is 0. The highest BCUT2D eigenvalue weighted by atomic mass is 16.7. The van der Waals surface area contributed by atoms with Gasteiger partial charge in [-0.3, -0.25) is 14.4 Å². The molecule has 35 heavy (non-hydrogen) atoms. The summed E-state index contributed by atoms with van der Waals surface area (Å²) in [6, 6.07) is 13.5. The zero-order valence-corrected chi connectivity index (χ0v) is 21.0. The molecule has 0 bridgehead atoms. The minimum absolute atomic E-state index is 0.118. The number of anilines is 2. The van der Waals surface area contributed by atoms with Gasteiger partial charge in [0.15, 0.2) is 5.43 Å². The Bertz CT molecular complexity index is 1270. The molecule has 2 N–H and O–H groups in total. The number of hydrogen-bond acceptors (Lipinski definition) is 6. The number of nitrogens with one attached hydrogen (secondary N) is 2. The molecule has 3 aromatic rings. The Kier molecular flexibility index (Phi) is 7.77. The maximum atomic E-state index is 13.0.